The minimum atomic E-state index is -1.18. The van der Waals surface area contributed by atoms with Crippen LogP contribution in [0.5, 0.6) is 5.75 Å². The van der Waals surface area contributed by atoms with Crippen LogP contribution in [-0.4, -0.2) is 44.1 Å². The monoisotopic (exact) mass is 658 g/mol. The summed E-state index contributed by atoms with van der Waals surface area (Å²) in [5.74, 6) is -5.18. The molecular formula is C30H26BrF3N4O5. The van der Waals surface area contributed by atoms with Crippen LogP contribution in [-0.2, 0) is 18.0 Å². The number of benzene rings is 2. The molecule has 4 heterocycles. The Morgan fingerprint density at radius 2 is 1.91 bits per heavy atom. The number of hydrogen-bond donors (Lipinski definition) is 1. The Balaban J connectivity index is 1.45. The first kappa shape index (κ1) is 29.0. The van der Waals surface area contributed by atoms with Crippen molar-refractivity contribution >= 4 is 32.4 Å². The van der Waals surface area contributed by atoms with Crippen molar-refractivity contribution < 1.29 is 32.3 Å². The highest BCUT2D eigenvalue weighted by atomic mass is 79.9. The van der Waals surface area contributed by atoms with Crippen molar-refractivity contribution in [1.29, 1.82) is 0 Å². The van der Waals surface area contributed by atoms with Gasteiger partial charge in [-0.05, 0) is 41.3 Å². The van der Waals surface area contributed by atoms with Crippen LogP contribution in [0.15, 0.2) is 58.6 Å². The lowest BCUT2D eigenvalue weighted by atomic mass is 9.86. The summed E-state index contributed by atoms with van der Waals surface area (Å²) < 4.78 is 50.1. The number of amides is 2. The van der Waals surface area contributed by atoms with Gasteiger partial charge in [-0.3, -0.25) is 14.4 Å². The van der Waals surface area contributed by atoms with Gasteiger partial charge in [0.05, 0.1) is 6.04 Å². The number of oxime groups is 1. The molecule has 1 saturated heterocycles. The SMILES string of the molecule is CC1CCC2(CC(Br)=NO2)C2CN1C(=O)c1c(OCc3ccccc3)c(=O)c(C(=O)NCc3c(F)cc(F)cc3F)cn12. The lowest BCUT2D eigenvalue weighted by Crippen LogP contribution is -2.52. The van der Waals surface area contributed by atoms with E-state index >= 15 is 0 Å². The van der Waals surface area contributed by atoms with E-state index in [-0.39, 0.29) is 30.6 Å². The van der Waals surface area contributed by atoms with E-state index in [0.29, 0.717) is 36.0 Å². The molecule has 0 radical (unpaired) electrons. The van der Waals surface area contributed by atoms with Crippen LogP contribution in [0.3, 0.4) is 0 Å². The summed E-state index contributed by atoms with van der Waals surface area (Å²) in [4.78, 5) is 48.9. The van der Waals surface area contributed by atoms with Crippen LogP contribution in [0, 0.1) is 17.5 Å². The van der Waals surface area contributed by atoms with Gasteiger partial charge in [0.25, 0.3) is 11.8 Å². The first-order chi connectivity index (χ1) is 20.6. The quantitative estimate of drug-likeness (QED) is 0.409. The fourth-order valence-corrected chi connectivity index (χ4v) is 6.47. The van der Waals surface area contributed by atoms with Crippen LogP contribution in [0.4, 0.5) is 13.2 Å². The zero-order valence-corrected chi connectivity index (χ0v) is 24.5. The molecule has 3 atom stereocenters. The molecule has 1 aromatic heterocycles. The van der Waals surface area contributed by atoms with Gasteiger partial charge < -0.3 is 24.4 Å². The molecule has 13 heteroatoms. The molecule has 43 heavy (non-hydrogen) atoms. The van der Waals surface area contributed by atoms with E-state index in [2.05, 4.69) is 26.4 Å². The van der Waals surface area contributed by atoms with E-state index in [1.165, 1.54) is 6.20 Å². The van der Waals surface area contributed by atoms with Crippen LogP contribution in [0.25, 0.3) is 0 Å². The number of carbonyl (C=O) groups is 2. The topological polar surface area (TPSA) is 102 Å². The summed E-state index contributed by atoms with van der Waals surface area (Å²) in [6.45, 7) is 1.44. The van der Waals surface area contributed by atoms with Crippen molar-refractivity contribution in [2.45, 2.75) is 57.0 Å². The Hall–Kier alpha value is -4.13. The molecule has 1 spiro atoms. The summed E-state index contributed by atoms with van der Waals surface area (Å²) in [6.07, 6.45) is 2.83. The fourth-order valence-electron chi connectivity index (χ4n) is 5.93. The highest BCUT2D eigenvalue weighted by Gasteiger charge is 2.54. The molecule has 1 N–H and O–H groups in total. The predicted molar refractivity (Wildman–Crippen MR) is 153 cm³/mol. The Kier molecular flexibility index (Phi) is 7.53. The molecule has 3 unspecified atom stereocenters. The standard InChI is InChI=1S/C30H26BrF3N4O5/c1-16-7-8-30(11-24(31)36-43-30)23-14-37(16)29(41)25-27(42-15-17-5-3-2-4-6-17)26(39)20(13-38(23)25)28(40)35-12-19-21(33)9-18(32)10-22(19)34/h2-6,9-10,13,16,23H,7-8,11-12,14-15H2,1H3,(H,35,40). The molecular weight excluding hydrogens is 633 g/mol. The minimum Gasteiger partial charge on any atom is -0.483 e. The molecule has 3 aliphatic heterocycles. The number of ether oxygens (including phenoxy) is 1. The number of carbonyl (C=O) groups excluding carboxylic acids is 2. The van der Waals surface area contributed by atoms with E-state index in [1.807, 2.05) is 13.0 Å². The summed E-state index contributed by atoms with van der Waals surface area (Å²) >= 11 is 3.42. The Morgan fingerprint density at radius 3 is 2.58 bits per heavy atom. The second kappa shape index (κ2) is 11.2. The number of pyridine rings is 1. The third-order valence-corrected chi connectivity index (χ3v) is 8.68. The number of hydrogen-bond acceptors (Lipinski definition) is 6. The van der Waals surface area contributed by atoms with Crippen LogP contribution in [0.1, 0.15) is 64.2 Å². The highest BCUT2D eigenvalue weighted by molar-refractivity contribution is 9.18. The maximum atomic E-state index is 14.3. The zero-order valence-electron chi connectivity index (χ0n) is 22.9. The van der Waals surface area contributed by atoms with Crippen molar-refractivity contribution in [1.82, 2.24) is 14.8 Å². The molecule has 2 aromatic carbocycles. The smallest absolute Gasteiger partial charge is 0.274 e. The Morgan fingerprint density at radius 1 is 1.19 bits per heavy atom. The zero-order chi connectivity index (χ0) is 30.5. The van der Waals surface area contributed by atoms with E-state index in [0.717, 1.165) is 5.56 Å². The second-order valence-corrected chi connectivity index (χ2v) is 11.8. The number of rotatable bonds is 6. The number of aromatic nitrogens is 1. The van der Waals surface area contributed by atoms with Gasteiger partial charge in [-0.2, -0.15) is 0 Å². The maximum absolute atomic E-state index is 14.3. The number of nitrogens with zero attached hydrogens (tertiary/aromatic N) is 3. The summed E-state index contributed by atoms with van der Waals surface area (Å²) in [7, 11) is 0. The minimum absolute atomic E-state index is 0.0240. The highest BCUT2D eigenvalue weighted by Crippen LogP contribution is 2.47. The largest absolute Gasteiger partial charge is 0.483 e. The van der Waals surface area contributed by atoms with Gasteiger partial charge >= 0.3 is 0 Å². The van der Waals surface area contributed by atoms with Crippen molar-refractivity contribution in [3.63, 3.8) is 0 Å². The number of fused-ring (bicyclic) bond motifs is 5. The third kappa shape index (κ3) is 5.19. The summed E-state index contributed by atoms with van der Waals surface area (Å²) in [6, 6.07) is 9.26. The summed E-state index contributed by atoms with van der Waals surface area (Å²) in [5.41, 5.74) is -2.01. The molecule has 2 bridgehead atoms. The van der Waals surface area contributed by atoms with Gasteiger partial charge in [0, 0.05) is 49.4 Å². The predicted octanol–water partition coefficient (Wildman–Crippen LogP) is 4.82. The molecule has 9 nitrogen and oxygen atoms in total. The lowest BCUT2D eigenvalue weighted by molar-refractivity contribution is -0.0656. The van der Waals surface area contributed by atoms with Crippen molar-refractivity contribution in [3.8, 4) is 5.75 Å². The van der Waals surface area contributed by atoms with Gasteiger partial charge in [0.1, 0.15) is 34.2 Å². The maximum Gasteiger partial charge on any atom is 0.274 e. The number of halogens is 4. The molecule has 2 amide bonds. The summed E-state index contributed by atoms with van der Waals surface area (Å²) in [5, 5.41) is 6.48. The van der Waals surface area contributed by atoms with Gasteiger partial charge in [-0.15, -0.1) is 0 Å². The van der Waals surface area contributed by atoms with Crippen LogP contribution >= 0.6 is 15.9 Å². The van der Waals surface area contributed by atoms with Crippen LogP contribution in [0.2, 0.25) is 0 Å². The average Bonchev–Trinajstić information content (AvgIpc) is 3.30. The number of nitrogens with one attached hydrogen (secondary N) is 1. The van der Waals surface area contributed by atoms with Gasteiger partial charge in [-0.1, -0.05) is 35.5 Å². The normalized spacial score (nSPS) is 22.5. The first-order valence-electron chi connectivity index (χ1n) is 13.7. The molecule has 0 aliphatic carbocycles. The van der Waals surface area contributed by atoms with E-state index in [1.54, 1.807) is 33.7 Å². The van der Waals surface area contributed by atoms with Crippen molar-refractivity contribution in [2.75, 3.05) is 6.54 Å². The van der Waals surface area contributed by atoms with E-state index < -0.39 is 64.0 Å². The lowest BCUT2D eigenvalue weighted by Gasteiger charge is -2.42. The van der Waals surface area contributed by atoms with Gasteiger partial charge in [0.15, 0.2) is 17.0 Å². The van der Waals surface area contributed by atoms with Gasteiger partial charge in [-0.25, -0.2) is 13.2 Å². The average molecular weight is 659 g/mol. The van der Waals surface area contributed by atoms with E-state index in [9.17, 15) is 27.6 Å². The Labute approximate surface area is 252 Å². The van der Waals surface area contributed by atoms with Crippen molar-refractivity contribution in [3.05, 3.63) is 98.7 Å². The molecule has 0 saturated carbocycles. The second-order valence-electron chi connectivity index (χ2n) is 10.9. The Bertz CT molecular complexity index is 1690. The molecule has 1 fully saturated rings. The van der Waals surface area contributed by atoms with Crippen LogP contribution < -0.4 is 15.5 Å². The molecule has 3 aliphatic rings. The molecule has 3 aromatic rings. The van der Waals surface area contributed by atoms with E-state index in [4.69, 9.17) is 9.57 Å². The van der Waals surface area contributed by atoms with Gasteiger partial charge in [0.2, 0.25) is 5.43 Å². The fraction of sp³-hybridized carbons (Fsp3) is 0.333. The molecule has 6 rings (SSSR count). The first-order valence-corrected chi connectivity index (χ1v) is 14.5. The molecule has 224 valence electrons. The third-order valence-electron chi connectivity index (χ3n) is 8.26. The van der Waals surface area contributed by atoms with Crippen molar-refractivity contribution in [2.24, 2.45) is 5.16 Å².